The molecule has 0 N–H and O–H groups in total. The Morgan fingerprint density at radius 2 is 2.00 bits per heavy atom. The summed E-state index contributed by atoms with van der Waals surface area (Å²) in [6, 6.07) is 4.65. The van der Waals surface area contributed by atoms with Crippen LogP contribution in [0.5, 0.6) is 5.75 Å². The largest absolute Gasteiger partial charge is 0.493 e. The molecule has 0 radical (unpaired) electrons. The molecule has 0 bridgehead atoms. The number of likely N-dealkylation sites (tertiary alicyclic amines) is 1. The molecule has 2 aliphatic heterocycles. The number of nitrogens with zero attached hydrogens (tertiary/aromatic N) is 4. The maximum atomic E-state index is 12.9. The molecule has 4 rings (SSSR count). The summed E-state index contributed by atoms with van der Waals surface area (Å²) in [5.74, 6) is 1.09. The fourth-order valence-electron chi connectivity index (χ4n) is 4.70. The van der Waals surface area contributed by atoms with Gasteiger partial charge in [-0.15, -0.1) is 0 Å². The predicted molar refractivity (Wildman–Crippen MR) is 114 cm³/mol. The van der Waals surface area contributed by atoms with Crippen molar-refractivity contribution in [3.63, 3.8) is 0 Å². The van der Waals surface area contributed by atoms with E-state index in [1.807, 2.05) is 12.1 Å². The van der Waals surface area contributed by atoms with Crippen LogP contribution in [0.2, 0.25) is 0 Å². The van der Waals surface area contributed by atoms with Gasteiger partial charge in [0.1, 0.15) is 12.3 Å². The number of aryl methyl sites for hydroxylation is 1. The first-order valence-electron chi connectivity index (χ1n) is 11.3. The van der Waals surface area contributed by atoms with Crippen molar-refractivity contribution in [1.29, 1.82) is 0 Å². The molecule has 0 aliphatic carbocycles. The highest BCUT2D eigenvalue weighted by molar-refractivity contribution is 5.76. The summed E-state index contributed by atoms with van der Waals surface area (Å²) in [7, 11) is 0. The lowest BCUT2D eigenvalue weighted by atomic mass is 9.78. The van der Waals surface area contributed by atoms with Crippen LogP contribution in [-0.2, 0) is 22.3 Å². The van der Waals surface area contributed by atoms with E-state index in [4.69, 9.17) is 9.47 Å². The molecule has 1 atom stereocenters. The zero-order valence-electron chi connectivity index (χ0n) is 18.7. The number of amides is 1. The van der Waals surface area contributed by atoms with Crippen molar-refractivity contribution in [3.8, 4) is 5.75 Å². The maximum absolute atomic E-state index is 12.9. The zero-order valence-corrected chi connectivity index (χ0v) is 18.7. The van der Waals surface area contributed by atoms with E-state index in [0.717, 1.165) is 48.6 Å². The zero-order chi connectivity index (χ0) is 23.5. The Bertz CT molecular complexity index is 940. The Hall–Kier alpha value is -2.62. The number of pyridine rings is 1. The summed E-state index contributed by atoms with van der Waals surface area (Å²) in [5, 5.41) is 3.56. The number of aromatic nitrogens is 3. The van der Waals surface area contributed by atoms with Crippen LogP contribution in [0, 0.1) is 12.8 Å². The first-order chi connectivity index (χ1) is 15.7. The number of carbonyl (C=O) groups is 1. The molecular weight excluding hydrogens is 437 g/mol. The van der Waals surface area contributed by atoms with Crippen molar-refractivity contribution in [1.82, 2.24) is 19.7 Å². The highest BCUT2D eigenvalue weighted by Crippen LogP contribution is 2.39. The quantitative estimate of drug-likeness (QED) is 0.647. The SMILES string of the molecule is Cc1cc(C(F)(F)F)nn1CC(=O)N1CCC2(CC1)CC(CCOc1ccncc1)CCO2. The lowest BCUT2D eigenvalue weighted by Gasteiger charge is -2.46. The van der Waals surface area contributed by atoms with Crippen LogP contribution in [0.15, 0.2) is 30.6 Å². The van der Waals surface area contributed by atoms with E-state index in [-0.39, 0.29) is 18.1 Å². The Kier molecular flexibility index (Phi) is 6.92. The van der Waals surface area contributed by atoms with Gasteiger partial charge in [0, 0.05) is 37.8 Å². The fourth-order valence-corrected chi connectivity index (χ4v) is 4.70. The van der Waals surface area contributed by atoms with Crippen LogP contribution in [0.4, 0.5) is 13.2 Å². The molecule has 2 aromatic rings. The van der Waals surface area contributed by atoms with Crippen LogP contribution in [0.1, 0.15) is 43.5 Å². The standard InChI is InChI=1S/C23H29F3N4O3/c1-17-14-20(23(24,25)26)28-30(17)16-21(31)29-10-6-22(7-11-29)15-18(5-13-33-22)4-12-32-19-2-8-27-9-3-19/h2-3,8-9,14,18H,4-7,10-13,15-16H2,1H3. The van der Waals surface area contributed by atoms with Gasteiger partial charge in [0.05, 0.1) is 12.2 Å². The van der Waals surface area contributed by atoms with E-state index >= 15 is 0 Å². The number of halogens is 3. The lowest BCUT2D eigenvalue weighted by molar-refractivity contribution is -0.149. The summed E-state index contributed by atoms with van der Waals surface area (Å²) in [6.45, 7) is 3.73. The van der Waals surface area contributed by atoms with Crippen molar-refractivity contribution in [3.05, 3.63) is 42.0 Å². The third-order valence-corrected chi connectivity index (χ3v) is 6.62. The molecule has 7 nitrogen and oxygen atoms in total. The molecule has 4 heterocycles. The Morgan fingerprint density at radius 3 is 2.67 bits per heavy atom. The van der Waals surface area contributed by atoms with Gasteiger partial charge in [-0.1, -0.05) is 0 Å². The number of rotatable bonds is 6. The van der Waals surface area contributed by atoms with Crippen LogP contribution >= 0.6 is 0 Å². The highest BCUT2D eigenvalue weighted by atomic mass is 19.4. The van der Waals surface area contributed by atoms with Crippen molar-refractivity contribution in [2.24, 2.45) is 5.92 Å². The van der Waals surface area contributed by atoms with Crippen LogP contribution in [-0.4, -0.2) is 57.5 Å². The average molecular weight is 467 g/mol. The number of alkyl halides is 3. The monoisotopic (exact) mass is 466 g/mol. The van der Waals surface area contributed by atoms with E-state index in [1.54, 1.807) is 17.3 Å². The minimum absolute atomic E-state index is 0.190. The van der Waals surface area contributed by atoms with E-state index in [0.29, 0.717) is 37.9 Å². The number of piperidine rings is 1. The first kappa shape index (κ1) is 23.5. The Morgan fingerprint density at radius 1 is 1.27 bits per heavy atom. The van der Waals surface area contributed by atoms with Gasteiger partial charge in [0.15, 0.2) is 5.69 Å². The Balaban J connectivity index is 1.26. The van der Waals surface area contributed by atoms with Crippen molar-refractivity contribution in [2.45, 2.75) is 57.3 Å². The van der Waals surface area contributed by atoms with Gasteiger partial charge in [-0.3, -0.25) is 14.5 Å². The summed E-state index contributed by atoms with van der Waals surface area (Å²) in [5.41, 5.74) is -0.891. The molecule has 180 valence electrons. The van der Waals surface area contributed by atoms with Gasteiger partial charge in [-0.2, -0.15) is 18.3 Å². The molecule has 10 heteroatoms. The summed E-state index contributed by atoms with van der Waals surface area (Å²) < 4.78 is 51.7. The molecular formula is C23H29F3N4O3. The summed E-state index contributed by atoms with van der Waals surface area (Å²) in [6.07, 6.45) is 3.21. The third-order valence-electron chi connectivity index (χ3n) is 6.62. The molecule has 2 saturated heterocycles. The second kappa shape index (κ2) is 9.70. The molecule has 1 spiro atoms. The van der Waals surface area contributed by atoms with Crippen LogP contribution in [0.25, 0.3) is 0 Å². The molecule has 1 unspecified atom stereocenters. The highest BCUT2D eigenvalue weighted by Gasteiger charge is 2.41. The van der Waals surface area contributed by atoms with Crippen LogP contribution < -0.4 is 4.74 Å². The molecule has 1 amide bonds. The van der Waals surface area contributed by atoms with E-state index < -0.39 is 11.9 Å². The summed E-state index contributed by atoms with van der Waals surface area (Å²) in [4.78, 5) is 18.4. The molecule has 0 saturated carbocycles. The van der Waals surface area contributed by atoms with Gasteiger partial charge in [-0.25, -0.2) is 0 Å². The normalized spacial score (nSPS) is 20.7. The van der Waals surface area contributed by atoms with Gasteiger partial charge in [0.25, 0.3) is 0 Å². The lowest BCUT2D eigenvalue weighted by Crippen LogP contribution is -2.51. The second-order valence-corrected chi connectivity index (χ2v) is 8.92. The second-order valence-electron chi connectivity index (χ2n) is 8.92. The number of hydrogen-bond donors (Lipinski definition) is 0. The van der Waals surface area contributed by atoms with Crippen molar-refractivity contribution < 1.29 is 27.4 Å². The van der Waals surface area contributed by atoms with Gasteiger partial charge >= 0.3 is 6.18 Å². The fraction of sp³-hybridized carbons (Fsp3) is 0.609. The topological polar surface area (TPSA) is 69.5 Å². The van der Waals surface area contributed by atoms with Gasteiger partial charge in [0.2, 0.25) is 5.91 Å². The third kappa shape index (κ3) is 5.85. The molecule has 2 aliphatic rings. The van der Waals surface area contributed by atoms with E-state index in [2.05, 4.69) is 10.1 Å². The van der Waals surface area contributed by atoms with Gasteiger partial charge in [-0.05, 0) is 63.1 Å². The van der Waals surface area contributed by atoms with E-state index in [9.17, 15) is 18.0 Å². The smallest absolute Gasteiger partial charge is 0.435 e. The summed E-state index contributed by atoms with van der Waals surface area (Å²) >= 11 is 0. The predicted octanol–water partition coefficient (Wildman–Crippen LogP) is 3.86. The Labute approximate surface area is 190 Å². The minimum Gasteiger partial charge on any atom is -0.493 e. The van der Waals surface area contributed by atoms with Crippen molar-refractivity contribution >= 4 is 5.91 Å². The molecule has 2 aromatic heterocycles. The molecule has 0 aromatic carbocycles. The van der Waals surface area contributed by atoms with Crippen LogP contribution in [0.3, 0.4) is 0 Å². The first-order valence-corrected chi connectivity index (χ1v) is 11.3. The molecule has 2 fully saturated rings. The number of hydrogen-bond acceptors (Lipinski definition) is 5. The van der Waals surface area contributed by atoms with Crippen molar-refractivity contribution in [2.75, 3.05) is 26.3 Å². The molecule has 33 heavy (non-hydrogen) atoms. The van der Waals surface area contributed by atoms with Gasteiger partial charge < -0.3 is 14.4 Å². The average Bonchev–Trinajstić information content (AvgIpc) is 3.16. The number of carbonyl (C=O) groups excluding carboxylic acids is 1. The maximum Gasteiger partial charge on any atom is 0.435 e. The minimum atomic E-state index is -4.52. The number of ether oxygens (including phenoxy) is 2. The van der Waals surface area contributed by atoms with E-state index in [1.165, 1.54) is 6.92 Å².